The molecule has 1 heterocycles. The Balaban J connectivity index is 1.87. The number of alkyl halides is 3. The fraction of sp³-hybridized carbons (Fsp3) is 0.619. The number of nitrogens with zero attached hydrogens (tertiary/aromatic N) is 1. The molecule has 1 aliphatic carbocycles. The first-order chi connectivity index (χ1) is 12.5. The highest BCUT2D eigenvalue weighted by molar-refractivity contribution is 6.40. The number of aliphatic imine (C=N–C) groups is 1. The molecule has 1 aromatic rings. The largest absolute Gasteiger partial charge is 0.490 e. The van der Waals surface area contributed by atoms with E-state index < -0.39 is 11.7 Å². The molecule has 0 unspecified atom stereocenters. The van der Waals surface area contributed by atoms with Crippen molar-refractivity contribution in [2.24, 2.45) is 16.3 Å². The molecule has 0 spiro atoms. The molecular formula is C21H26F3NO2. The first-order valence-electron chi connectivity index (χ1n) is 9.45. The van der Waals surface area contributed by atoms with Crippen molar-refractivity contribution in [2.45, 2.75) is 72.1 Å². The molecule has 0 saturated heterocycles. The standard InChI is InChI=1S/C21H26F3NO2/c1-12-17(26)11-15-16(25-12)9-10-18(19(15)21(22,23)24)27-14-7-5-13(6-8-14)20(2,3)4/h9-10,13-14H,5-8,11H2,1-4H3. The topological polar surface area (TPSA) is 38.7 Å². The van der Waals surface area contributed by atoms with Crippen molar-refractivity contribution < 1.29 is 22.7 Å². The molecule has 0 N–H and O–H groups in total. The number of halogens is 3. The minimum atomic E-state index is -4.59. The van der Waals surface area contributed by atoms with E-state index in [0.29, 0.717) is 5.92 Å². The van der Waals surface area contributed by atoms with Crippen molar-refractivity contribution in [1.82, 2.24) is 0 Å². The maximum Gasteiger partial charge on any atom is 0.420 e. The van der Waals surface area contributed by atoms with Crippen LogP contribution in [0.5, 0.6) is 5.75 Å². The third-order valence-electron chi connectivity index (χ3n) is 5.76. The van der Waals surface area contributed by atoms with Crippen molar-refractivity contribution in [3.05, 3.63) is 23.3 Å². The Kier molecular flexibility index (Phi) is 5.12. The first-order valence-corrected chi connectivity index (χ1v) is 9.45. The summed E-state index contributed by atoms with van der Waals surface area (Å²) in [5, 5.41) is 0. The molecule has 1 aliphatic heterocycles. The molecule has 1 aromatic carbocycles. The molecule has 6 heteroatoms. The highest BCUT2D eigenvalue weighted by Crippen LogP contribution is 2.45. The number of rotatable bonds is 2. The summed E-state index contributed by atoms with van der Waals surface area (Å²) in [7, 11) is 0. The lowest BCUT2D eigenvalue weighted by molar-refractivity contribution is -0.140. The van der Waals surface area contributed by atoms with E-state index in [0.717, 1.165) is 25.7 Å². The second kappa shape index (κ2) is 6.95. The zero-order valence-electron chi connectivity index (χ0n) is 16.2. The lowest BCUT2D eigenvalue weighted by Gasteiger charge is -2.37. The summed E-state index contributed by atoms with van der Waals surface area (Å²) < 4.78 is 47.2. The van der Waals surface area contributed by atoms with Crippen molar-refractivity contribution in [3.63, 3.8) is 0 Å². The first kappa shape index (κ1) is 19.9. The summed E-state index contributed by atoms with van der Waals surface area (Å²) in [5.41, 5.74) is -0.265. The summed E-state index contributed by atoms with van der Waals surface area (Å²) >= 11 is 0. The van der Waals surface area contributed by atoms with E-state index >= 15 is 0 Å². The van der Waals surface area contributed by atoms with Gasteiger partial charge < -0.3 is 4.74 Å². The van der Waals surface area contributed by atoms with E-state index in [4.69, 9.17) is 4.74 Å². The molecule has 27 heavy (non-hydrogen) atoms. The number of carbonyl (C=O) groups is 1. The van der Waals surface area contributed by atoms with Crippen LogP contribution in [-0.4, -0.2) is 17.6 Å². The van der Waals surface area contributed by atoms with Crippen molar-refractivity contribution >= 4 is 17.2 Å². The molecule has 148 valence electrons. The van der Waals surface area contributed by atoms with Gasteiger partial charge in [0.2, 0.25) is 0 Å². The van der Waals surface area contributed by atoms with Gasteiger partial charge in [0, 0.05) is 12.0 Å². The van der Waals surface area contributed by atoms with Gasteiger partial charge in [0.25, 0.3) is 0 Å². The predicted octanol–water partition coefficient (Wildman–Crippen LogP) is 5.91. The number of carbonyl (C=O) groups excluding carboxylic acids is 1. The molecule has 0 radical (unpaired) electrons. The Morgan fingerprint density at radius 2 is 1.70 bits per heavy atom. The summed E-state index contributed by atoms with van der Waals surface area (Å²) in [6.45, 7) is 8.12. The maximum atomic E-state index is 13.8. The van der Waals surface area contributed by atoms with Crippen LogP contribution in [0.15, 0.2) is 17.1 Å². The monoisotopic (exact) mass is 381 g/mol. The van der Waals surface area contributed by atoms with Crippen molar-refractivity contribution in [1.29, 1.82) is 0 Å². The highest BCUT2D eigenvalue weighted by atomic mass is 19.4. The minimum Gasteiger partial charge on any atom is -0.490 e. The lowest BCUT2D eigenvalue weighted by Crippen LogP contribution is -2.31. The molecule has 3 rings (SSSR count). The number of hydrogen-bond acceptors (Lipinski definition) is 3. The molecule has 3 nitrogen and oxygen atoms in total. The number of Topliss-reactive ketones (excluding diaryl/α,β-unsaturated/α-hetero) is 1. The van der Waals surface area contributed by atoms with Gasteiger partial charge in [-0.1, -0.05) is 20.8 Å². The number of fused-ring (bicyclic) bond motifs is 1. The van der Waals surface area contributed by atoms with Gasteiger partial charge in [0.1, 0.15) is 11.3 Å². The fourth-order valence-corrected chi connectivity index (χ4v) is 4.07. The number of ether oxygens (including phenoxy) is 1. The van der Waals surface area contributed by atoms with Gasteiger partial charge in [-0.05, 0) is 56.1 Å². The van der Waals surface area contributed by atoms with Gasteiger partial charge >= 0.3 is 6.18 Å². The molecule has 1 fully saturated rings. The minimum absolute atomic E-state index is 0.0704. The average molecular weight is 381 g/mol. The Hall–Kier alpha value is -1.85. The Morgan fingerprint density at radius 3 is 2.26 bits per heavy atom. The molecule has 0 atom stereocenters. The van der Waals surface area contributed by atoms with E-state index in [-0.39, 0.29) is 46.4 Å². The van der Waals surface area contributed by atoms with Crippen LogP contribution in [-0.2, 0) is 17.4 Å². The van der Waals surface area contributed by atoms with Crippen LogP contribution in [0.3, 0.4) is 0 Å². The van der Waals surface area contributed by atoms with E-state index in [2.05, 4.69) is 25.8 Å². The van der Waals surface area contributed by atoms with E-state index in [1.54, 1.807) is 0 Å². The third kappa shape index (κ3) is 4.19. The zero-order valence-corrected chi connectivity index (χ0v) is 16.2. The van der Waals surface area contributed by atoms with Crippen LogP contribution in [0, 0.1) is 11.3 Å². The summed E-state index contributed by atoms with van der Waals surface area (Å²) in [6.07, 6.45) is -1.73. The zero-order chi connectivity index (χ0) is 20.0. The number of benzene rings is 1. The summed E-state index contributed by atoms with van der Waals surface area (Å²) in [6, 6.07) is 2.88. The molecule has 0 aromatic heterocycles. The van der Waals surface area contributed by atoms with Gasteiger partial charge in [-0.3, -0.25) is 4.79 Å². The van der Waals surface area contributed by atoms with Gasteiger partial charge in [-0.2, -0.15) is 13.2 Å². The Morgan fingerprint density at radius 1 is 1.07 bits per heavy atom. The molecular weight excluding hydrogens is 355 g/mol. The van der Waals surface area contributed by atoms with Gasteiger partial charge in [0.05, 0.1) is 17.5 Å². The van der Waals surface area contributed by atoms with Crippen molar-refractivity contribution in [2.75, 3.05) is 0 Å². The molecule has 0 amide bonds. The van der Waals surface area contributed by atoms with Crippen LogP contribution in [0.1, 0.15) is 64.5 Å². The predicted molar refractivity (Wildman–Crippen MR) is 98.8 cm³/mol. The van der Waals surface area contributed by atoms with Crippen LogP contribution >= 0.6 is 0 Å². The quantitative estimate of drug-likeness (QED) is 0.639. The van der Waals surface area contributed by atoms with E-state index in [9.17, 15) is 18.0 Å². The Labute approximate surface area is 158 Å². The van der Waals surface area contributed by atoms with E-state index in [1.165, 1.54) is 19.1 Å². The SMILES string of the molecule is CC1=Nc2ccc(OC3CCC(C(C)(C)C)CC3)c(C(F)(F)F)c2CC1=O. The van der Waals surface area contributed by atoms with Crippen LogP contribution in [0.25, 0.3) is 0 Å². The summed E-state index contributed by atoms with van der Waals surface area (Å²) in [4.78, 5) is 16.0. The second-order valence-electron chi connectivity index (χ2n) is 8.69. The van der Waals surface area contributed by atoms with Crippen molar-refractivity contribution in [3.8, 4) is 5.75 Å². The van der Waals surface area contributed by atoms with Gasteiger partial charge in [-0.25, -0.2) is 4.99 Å². The Bertz CT molecular complexity index is 767. The number of hydrogen-bond donors (Lipinski definition) is 0. The normalized spacial score (nSPS) is 23.7. The van der Waals surface area contributed by atoms with Crippen LogP contribution in [0.2, 0.25) is 0 Å². The van der Waals surface area contributed by atoms with Crippen LogP contribution in [0.4, 0.5) is 18.9 Å². The second-order valence-corrected chi connectivity index (χ2v) is 8.69. The third-order valence-corrected chi connectivity index (χ3v) is 5.76. The van der Waals surface area contributed by atoms with Gasteiger partial charge in [0.15, 0.2) is 5.78 Å². The maximum absolute atomic E-state index is 13.8. The smallest absolute Gasteiger partial charge is 0.420 e. The van der Waals surface area contributed by atoms with Crippen LogP contribution < -0.4 is 4.74 Å². The fourth-order valence-electron chi connectivity index (χ4n) is 4.07. The summed E-state index contributed by atoms with van der Waals surface area (Å²) in [5.74, 6) is -0.00301. The molecule has 1 saturated carbocycles. The van der Waals surface area contributed by atoms with Gasteiger partial charge in [-0.15, -0.1) is 0 Å². The lowest BCUT2D eigenvalue weighted by atomic mass is 9.72. The highest BCUT2D eigenvalue weighted by Gasteiger charge is 2.41. The van der Waals surface area contributed by atoms with E-state index in [1.807, 2.05) is 0 Å². The average Bonchev–Trinajstić information content (AvgIpc) is 2.54. The molecule has 2 aliphatic rings. The number of ketones is 1. The molecule has 0 bridgehead atoms.